The van der Waals surface area contributed by atoms with Crippen LogP contribution in [0.5, 0.6) is 0 Å². The molecule has 0 amide bonds. The average Bonchev–Trinajstić information content (AvgIpc) is 3.00. The van der Waals surface area contributed by atoms with Crippen LogP contribution in [0.2, 0.25) is 0 Å². The van der Waals surface area contributed by atoms with E-state index in [2.05, 4.69) is 4.90 Å². The molecular weight excluding hydrogens is 214 g/mol. The molecule has 4 nitrogen and oxygen atoms in total. The first-order valence-electron chi connectivity index (χ1n) is 6.83. The summed E-state index contributed by atoms with van der Waals surface area (Å²) in [5.41, 5.74) is 5.84. The SMILES string of the molecule is N=C(N)CC1(CN2CCCCC2CCO)CC1. The summed E-state index contributed by atoms with van der Waals surface area (Å²) >= 11 is 0. The van der Waals surface area contributed by atoms with Crippen LogP contribution in [0.15, 0.2) is 0 Å². The van der Waals surface area contributed by atoms with Crippen LogP contribution >= 0.6 is 0 Å². The summed E-state index contributed by atoms with van der Waals surface area (Å²) in [4.78, 5) is 2.54. The molecule has 0 radical (unpaired) electrons. The number of nitrogens with two attached hydrogens (primary N) is 1. The van der Waals surface area contributed by atoms with E-state index in [9.17, 15) is 0 Å². The molecule has 1 saturated heterocycles. The maximum absolute atomic E-state index is 9.11. The summed E-state index contributed by atoms with van der Waals surface area (Å²) in [5.74, 6) is 0.332. The van der Waals surface area contributed by atoms with E-state index in [0.29, 0.717) is 23.9 Å². The van der Waals surface area contributed by atoms with Crippen LogP contribution in [-0.4, -0.2) is 41.6 Å². The monoisotopic (exact) mass is 239 g/mol. The molecule has 1 atom stereocenters. The van der Waals surface area contributed by atoms with Crippen LogP contribution in [0.25, 0.3) is 0 Å². The molecular formula is C13H25N3O. The maximum Gasteiger partial charge on any atom is 0.0911 e. The lowest BCUT2D eigenvalue weighted by molar-refractivity contribution is 0.0973. The summed E-state index contributed by atoms with van der Waals surface area (Å²) in [6.45, 7) is 2.53. The van der Waals surface area contributed by atoms with Gasteiger partial charge in [-0.2, -0.15) is 0 Å². The van der Waals surface area contributed by atoms with E-state index in [1.165, 1.54) is 32.1 Å². The smallest absolute Gasteiger partial charge is 0.0911 e. The Morgan fingerprint density at radius 2 is 2.18 bits per heavy atom. The predicted molar refractivity (Wildman–Crippen MR) is 69.1 cm³/mol. The van der Waals surface area contributed by atoms with Crippen LogP contribution < -0.4 is 5.73 Å². The molecule has 2 fully saturated rings. The molecule has 1 saturated carbocycles. The van der Waals surface area contributed by atoms with Crippen molar-refractivity contribution in [3.05, 3.63) is 0 Å². The maximum atomic E-state index is 9.11. The normalized spacial score (nSPS) is 27.9. The quantitative estimate of drug-likeness (QED) is 0.483. The highest BCUT2D eigenvalue weighted by atomic mass is 16.3. The number of amidine groups is 1. The lowest BCUT2D eigenvalue weighted by atomic mass is 9.94. The van der Waals surface area contributed by atoms with Crippen molar-refractivity contribution in [1.29, 1.82) is 5.41 Å². The van der Waals surface area contributed by atoms with E-state index in [-0.39, 0.29) is 0 Å². The highest BCUT2D eigenvalue weighted by molar-refractivity contribution is 5.78. The summed E-state index contributed by atoms with van der Waals surface area (Å²) in [6.07, 6.45) is 7.88. The van der Waals surface area contributed by atoms with Crippen molar-refractivity contribution in [2.45, 2.75) is 51.0 Å². The van der Waals surface area contributed by atoms with Crippen LogP contribution in [-0.2, 0) is 0 Å². The van der Waals surface area contributed by atoms with Crippen molar-refractivity contribution in [3.63, 3.8) is 0 Å². The number of hydrogen-bond acceptors (Lipinski definition) is 3. The van der Waals surface area contributed by atoms with Crippen molar-refractivity contribution in [1.82, 2.24) is 4.90 Å². The van der Waals surface area contributed by atoms with Gasteiger partial charge in [-0.1, -0.05) is 6.42 Å². The fourth-order valence-electron chi connectivity index (χ4n) is 3.15. The lowest BCUT2D eigenvalue weighted by Gasteiger charge is -2.38. The van der Waals surface area contributed by atoms with Gasteiger partial charge in [-0.05, 0) is 44.1 Å². The first kappa shape index (κ1) is 12.8. The third-order valence-electron chi connectivity index (χ3n) is 4.27. The Morgan fingerprint density at radius 1 is 1.41 bits per heavy atom. The molecule has 1 aliphatic carbocycles. The Labute approximate surface area is 104 Å². The number of nitrogens with one attached hydrogen (secondary N) is 1. The Balaban J connectivity index is 1.89. The van der Waals surface area contributed by atoms with E-state index in [0.717, 1.165) is 25.9 Å². The molecule has 1 aliphatic heterocycles. The zero-order valence-electron chi connectivity index (χ0n) is 10.6. The van der Waals surface area contributed by atoms with E-state index in [1.54, 1.807) is 0 Å². The topological polar surface area (TPSA) is 73.3 Å². The summed E-state index contributed by atoms with van der Waals surface area (Å²) in [6, 6.07) is 0.554. The van der Waals surface area contributed by atoms with E-state index in [4.69, 9.17) is 16.2 Å². The molecule has 2 rings (SSSR count). The number of nitrogens with zero attached hydrogens (tertiary/aromatic N) is 1. The van der Waals surface area contributed by atoms with Crippen LogP contribution in [0.1, 0.15) is 44.9 Å². The highest BCUT2D eigenvalue weighted by Gasteiger charge is 2.45. The van der Waals surface area contributed by atoms with Gasteiger partial charge in [0.2, 0.25) is 0 Å². The number of aliphatic hydroxyl groups excluding tert-OH is 1. The summed E-state index contributed by atoms with van der Waals surface area (Å²) in [5, 5.41) is 16.6. The number of hydrogen-bond donors (Lipinski definition) is 3. The van der Waals surface area contributed by atoms with Gasteiger partial charge >= 0.3 is 0 Å². The van der Waals surface area contributed by atoms with Gasteiger partial charge in [0.25, 0.3) is 0 Å². The number of likely N-dealkylation sites (tertiary alicyclic amines) is 1. The van der Waals surface area contributed by atoms with E-state index in [1.807, 2.05) is 0 Å². The third kappa shape index (κ3) is 3.42. The molecule has 1 heterocycles. The highest BCUT2D eigenvalue weighted by Crippen LogP contribution is 2.50. The number of rotatable bonds is 6. The Kier molecular flexibility index (Phi) is 4.05. The van der Waals surface area contributed by atoms with Crippen LogP contribution in [0.4, 0.5) is 0 Å². The van der Waals surface area contributed by atoms with Crippen LogP contribution in [0, 0.1) is 10.8 Å². The molecule has 0 bridgehead atoms. The Morgan fingerprint density at radius 3 is 2.76 bits per heavy atom. The summed E-state index contributed by atoms with van der Waals surface area (Å²) in [7, 11) is 0. The predicted octanol–water partition coefficient (Wildman–Crippen LogP) is 1.33. The molecule has 0 aromatic carbocycles. The first-order valence-corrected chi connectivity index (χ1v) is 6.83. The third-order valence-corrected chi connectivity index (χ3v) is 4.27. The van der Waals surface area contributed by atoms with Crippen molar-refractivity contribution in [3.8, 4) is 0 Å². The molecule has 98 valence electrons. The average molecular weight is 239 g/mol. The van der Waals surface area contributed by atoms with Gasteiger partial charge in [0.05, 0.1) is 5.84 Å². The second-order valence-corrected chi connectivity index (χ2v) is 5.83. The lowest BCUT2D eigenvalue weighted by Crippen LogP contribution is -2.43. The standard InChI is InChI=1S/C13H25N3O/c14-12(15)9-13(5-6-13)10-16-7-2-1-3-11(16)4-8-17/h11,17H,1-10H2,(H3,14,15). The first-order chi connectivity index (χ1) is 8.15. The van der Waals surface area contributed by atoms with Gasteiger partial charge < -0.3 is 10.8 Å². The van der Waals surface area contributed by atoms with Gasteiger partial charge in [-0.15, -0.1) is 0 Å². The fraction of sp³-hybridized carbons (Fsp3) is 0.923. The molecule has 0 aromatic heterocycles. The van der Waals surface area contributed by atoms with Gasteiger partial charge in [0.1, 0.15) is 0 Å². The van der Waals surface area contributed by atoms with Gasteiger partial charge in [-0.3, -0.25) is 10.3 Å². The second kappa shape index (κ2) is 5.36. The molecule has 17 heavy (non-hydrogen) atoms. The van der Waals surface area contributed by atoms with E-state index >= 15 is 0 Å². The van der Waals surface area contributed by atoms with Crippen molar-refractivity contribution in [2.24, 2.45) is 11.1 Å². The van der Waals surface area contributed by atoms with Gasteiger partial charge in [0.15, 0.2) is 0 Å². The number of aliphatic hydroxyl groups is 1. The second-order valence-electron chi connectivity index (χ2n) is 5.83. The van der Waals surface area contributed by atoms with Crippen LogP contribution in [0.3, 0.4) is 0 Å². The zero-order valence-corrected chi connectivity index (χ0v) is 10.6. The minimum Gasteiger partial charge on any atom is -0.396 e. The zero-order chi connectivity index (χ0) is 12.3. The summed E-state index contributed by atoms with van der Waals surface area (Å²) < 4.78 is 0. The van der Waals surface area contributed by atoms with Gasteiger partial charge in [0, 0.05) is 25.6 Å². The molecule has 2 aliphatic rings. The van der Waals surface area contributed by atoms with Crippen molar-refractivity contribution in [2.75, 3.05) is 19.7 Å². The Bertz CT molecular complexity index is 274. The largest absolute Gasteiger partial charge is 0.396 e. The van der Waals surface area contributed by atoms with Gasteiger partial charge in [-0.25, -0.2) is 0 Å². The van der Waals surface area contributed by atoms with E-state index < -0.39 is 0 Å². The fourth-order valence-corrected chi connectivity index (χ4v) is 3.15. The molecule has 4 N–H and O–H groups in total. The Hall–Kier alpha value is -0.610. The molecule has 0 aromatic rings. The van der Waals surface area contributed by atoms with Crippen molar-refractivity contribution < 1.29 is 5.11 Å². The van der Waals surface area contributed by atoms with Crippen molar-refractivity contribution >= 4 is 5.84 Å². The number of piperidine rings is 1. The molecule has 1 unspecified atom stereocenters. The molecule has 0 spiro atoms. The minimum absolute atomic E-state index is 0.293. The molecule has 4 heteroatoms. The minimum atomic E-state index is 0.293.